The van der Waals surface area contributed by atoms with E-state index in [1.807, 2.05) is 0 Å². The summed E-state index contributed by atoms with van der Waals surface area (Å²) in [5.74, 6) is -0.0145. The van der Waals surface area contributed by atoms with Crippen molar-refractivity contribution in [2.75, 3.05) is 5.32 Å². The average Bonchev–Trinajstić information content (AvgIpc) is 2.48. The molecule has 106 valence electrons. The number of carbonyl (C=O) groups excluding carboxylic acids is 2. The Morgan fingerprint density at radius 2 is 2.10 bits per heavy atom. The van der Waals surface area contributed by atoms with Crippen LogP contribution in [0.25, 0.3) is 0 Å². The molecular formula is C14H13N5O2. The lowest BCUT2D eigenvalue weighted by Gasteiger charge is -2.41. The molecule has 2 aliphatic rings. The van der Waals surface area contributed by atoms with Gasteiger partial charge in [-0.2, -0.15) is 4.99 Å². The number of aliphatic imine (C=N–C) groups is 1. The van der Waals surface area contributed by atoms with Crippen LogP contribution in [0, 0.1) is 0 Å². The number of nitrogens with zero attached hydrogens (tertiary/aromatic N) is 4. The Morgan fingerprint density at radius 3 is 2.86 bits per heavy atom. The van der Waals surface area contributed by atoms with Gasteiger partial charge in [-0.1, -0.05) is 6.08 Å². The molecule has 0 bridgehead atoms. The van der Waals surface area contributed by atoms with Crippen molar-refractivity contribution >= 4 is 23.6 Å². The van der Waals surface area contributed by atoms with Gasteiger partial charge in [-0.25, -0.2) is 9.97 Å². The molecule has 1 unspecified atom stereocenters. The summed E-state index contributed by atoms with van der Waals surface area (Å²) in [7, 11) is 0. The van der Waals surface area contributed by atoms with E-state index in [1.165, 1.54) is 12.4 Å². The first-order valence-electron chi connectivity index (χ1n) is 6.44. The Bertz CT molecular complexity index is 680. The third-order valence-electron chi connectivity index (χ3n) is 3.39. The molecule has 0 radical (unpaired) electrons. The van der Waals surface area contributed by atoms with Gasteiger partial charge in [0.1, 0.15) is 11.4 Å². The Labute approximate surface area is 121 Å². The Morgan fingerprint density at radius 1 is 1.33 bits per heavy atom. The van der Waals surface area contributed by atoms with Gasteiger partial charge in [-0.05, 0) is 25.1 Å². The summed E-state index contributed by atoms with van der Waals surface area (Å²) in [4.78, 5) is 37.9. The average molecular weight is 283 g/mol. The molecule has 0 aliphatic carbocycles. The van der Waals surface area contributed by atoms with E-state index in [2.05, 4.69) is 20.3 Å². The van der Waals surface area contributed by atoms with Gasteiger partial charge in [0.15, 0.2) is 0 Å². The SMILES string of the molecule is CC1(C(=O)Nc2ncccn2)CC(=O)N=C2C=CC=CN21. The van der Waals surface area contributed by atoms with E-state index < -0.39 is 5.54 Å². The van der Waals surface area contributed by atoms with Crippen LogP contribution < -0.4 is 5.32 Å². The number of amides is 2. The number of carbonyl (C=O) groups is 2. The minimum absolute atomic E-state index is 0.00660. The highest BCUT2D eigenvalue weighted by molar-refractivity contribution is 6.11. The van der Waals surface area contributed by atoms with Gasteiger partial charge in [0, 0.05) is 18.6 Å². The predicted molar refractivity (Wildman–Crippen MR) is 76.2 cm³/mol. The lowest BCUT2D eigenvalue weighted by molar-refractivity contribution is -0.130. The predicted octanol–water partition coefficient (Wildman–Crippen LogP) is 0.888. The number of hydrogen-bond donors (Lipinski definition) is 1. The molecule has 1 atom stereocenters. The van der Waals surface area contributed by atoms with E-state index in [1.54, 1.807) is 42.3 Å². The smallest absolute Gasteiger partial charge is 0.253 e. The first-order chi connectivity index (χ1) is 10.1. The summed E-state index contributed by atoms with van der Waals surface area (Å²) in [6.45, 7) is 1.70. The molecule has 2 aliphatic heterocycles. The maximum absolute atomic E-state index is 12.6. The van der Waals surface area contributed by atoms with Gasteiger partial charge < -0.3 is 4.90 Å². The standard InChI is InChI=1S/C14H13N5O2/c1-14(12(21)18-13-15-6-4-7-16-13)9-11(20)17-10-5-2-3-8-19(10)14/h2-8H,9H2,1H3,(H,15,16,18,21). The highest BCUT2D eigenvalue weighted by Gasteiger charge is 2.45. The van der Waals surface area contributed by atoms with Gasteiger partial charge in [0.25, 0.3) is 11.8 Å². The molecule has 1 aromatic rings. The topological polar surface area (TPSA) is 87.5 Å². The Hall–Kier alpha value is -2.83. The van der Waals surface area contributed by atoms with Crippen LogP contribution in [-0.4, -0.2) is 38.1 Å². The van der Waals surface area contributed by atoms with Gasteiger partial charge in [0.05, 0.1) is 6.42 Å². The number of amidine groups is 1. The van der Waals surface area contributed by atoms with Crippen LogP contribution in [-0.2, 0) is 9.59 Å². The van der Waals surface area contributed by atoms with Crippen LogP contribution in [0.5, 0.6) is 0 Å². The zero-order valence-corrected chi connectivity index (χ0v) is 11.4. The maximum Gasteiger partial charge on any atom is 0.253 e. The third-order valence-corrected chi connectivity index (χ3v) is 3.39. The summed E-state index contributed by atoms with van der Waals surface area (Å²) < 4.78 is 0. The number of hydrogen-bond acceptors (Lipinski definition) is 5. The monoisotopic (exact) mass is 283 g/mol. The molecule has 3 heterocycles. The zero-order valence-electron chi connectivity index (χ0n) is 11.4. The molecule has 2 amide bonds. The second kappa shape index (κ2) is 4.93. The van der Waals surface area contributed by atoms with Crippen molar-refractivity contribution < 1.29 is 9.59 Å². The van der Waals surface area contributed by atoms with E-state index in [-0.39, 0.29) is 24.2 Å². The highest BCUT2D eigenvalue weighted by Crippen LogP contribution is 2.28. The lowest BCUT2D eigenvalue weighted by atomic mass is 9.91. The molecule has 1 aromatic heterocycles. The van der Waals surface area contributed by atoms with Crippen LogP contribution in [0.4, 0.5) is 5.95 Å². The Balaban J connectivity index is 1.90. The van der Waals surface area contributed by atoms with E-state index in [9.17, 15) is 9.59 Å². The van der Waals surface area contributed by atoms with Crippen LogP contribution in [0.3, 0.4) is 0 Å². The van der Waals surface area contributed by atoms with E-state index in [4.69, 9.17) is 0 Å². The summed E-state index contributed by atoms with van der Waals surface area (Å²) in [5, 5.41) is 2.64. The maximum atomic E-state index is 12.6. The van der Waals surface area contributed by atoms with Crippen LogP contribution in [0.2, 0.25) is 0 Å². The fourth-order valence-corrected chi connectivity index (χ4v) is 2.28. The molecule has 0 saturated heterocycles. The largest absolute Gasteiger partial charge is 0.317 e. The van der Waals surface area contributed by atoms with E-state index in [0.717, 1.165) is 0 Å². The number of allylic oxidation sites excluding steroid dienone is 2. The second-order valence-electron chi connectivity index (χ2n) is 4.91. The van der Waals surface area contributed by atoms with Crippen molar-refractivity contribution in [3.63, 3.8) is 0 Å². The number of aromatic nitrogens is 2. The molecule has 3 rings (SSSR count). The number of fused-ring (bicyclic) bond motifs is 1. The van der Waals surface area contributed by atoms with Crippen LogP contribution >= 0.6 is 0 Å². The van der Waals surface area contributed by atoms with Gasteiger partial charge >= 0.3 is 0 Å². The van der Waals surface area contributed by atoms with Gasteiger partial charge in [0.2, 0.25) is 5.95 Å². The molecular weight excluding hydrogens is 270 g/mol. The first-order valence-corrected chi connectivity index (χ1v) is 6.44. The fourth-order valence-electron chi connectivity index (χ4n) is 2.28. The Kier molecular flexibility index (Phi) is 3.09. The molecule has 0 aromatic carbocycles. The highest BCUT2D eigenvalue weighted by atomic mass is 16.2. The summed E-state index contributed by atoms with van der Waals surface area (Å²) in [6.07, 6.45) is 10.1. The molecule has 7 heteroatoms. The molecule has 0 spiro atoms. The van der Waals surface area contributed by atoms with Gasteiger partial charge in [-0.3, -0.25) is 14.9 Å². The quantitative estimate of drug-likeness (QED) is 0.870. The summed E-state index contributed by atoms with van der Waals surface area (Å²) in [6, 6.07) is 1.66. The van der Waals surface area contributed by atoms with E-state index in [0.29, 0.717) is 5.84 Å². The fraction of sp³-hybridized carbons (Fsp3) is 0.214. The summed E-state index contributed by atoms with van der Waals surface area (Å²) in [5.41, 5.74) is -1.06. The molecule has 7 nitrogen and oxygen atoms in total. The minimum atomic E-state index is -1.06. The van der Waals surface area contributed by atoms with E-state index >= 15 is 0 Å². The molecule has 21 heavy (non-hydrogen) atoms. The van der Waals surface area contributed by atoms with Crippen LogP contribution in [0.15, 0.2) is 47.9 Å². The van der Waals surface area contributed by atoms with Crippen molar-refractivity contribution in [2.24, 2.45) is 4.99 Å². The van der Waals surface area contributed by atoms with Gasteiger partial charge in [-0.15, -0.1) is 0 Å². The van der Waals surface area contributed by atoms with Crippen LogP contribution in [0.1, 0.15) is 13.3 Å². The second-order valence-corrected chi connectivity index (χ2v) is 4.91. The summed E-state index contributed by atoms with van der Waals surface area (Å²) >= 11 is 0. The van der Waals surface area contributed by atoms with Crippen molar-refractivity contribution in [3.05, 3.63) is 42.9 Å². The number of anilines is 1. The third kappa shape index (κ3) is 2.33. The number of nitrogens with one attached hydrogen (secondary N) is 1. The minimum Gasteiger partial charge on any atom is -0.317 e. The van der Waals surface area contributed by atoms with Crippen molar-refractivity contribution in [2.45, 2.75) is 18.9 Å². The zero-order chi connectivity index (χ0) is 14.9. The molecule has 0 fully saturated rings. The number of rotatable bonds is 2. The first kappa shape index (κ1) is 13.2. The van der Waals surface area contributed by atoms with Crippen molar-refractivity contribution in [3.8, 4) is 0 Å². The molecule has 0 saturated carbocycles. The lowest BCUT2D eigenvalue weighted by Crippen LogP contribution is -2.58. The normalized spacial score (nSPS) is 23.6. The van der Waals surface area contributed by atoms with Crippen molar-refractivity contribution in [1.82, 2.24) is 14.9 Å². The molecule has 1 N–H and O–H groups in total. The van der Waals surface area contributed by atoms with Crippen molar-refractivity contribution in [1.29, 1.82) is 0 Å².